The van der Waals surface area contributed by atoms with Crippen molar-refractivity contribution in [3.63, 3.8) is 0 Å². The second kappa shape index (κ2) is 14.3. The molecule has 2 N–H and O–H groups in total. The Morgan fingerprint density at radius 2 is 1.52 bits per heavy atom. The molecule has 0 radical (unpaired) electrons. The van der Waals surface area contributed by atoms with Gasteiger partial charge < -0.3 is 29.1 Å². The third-order valence-corrected chi connectivity index (χ3v) is 17.1. The minimum absolute atomic E-state index is 0.195. The summed E-state index contributed by atoms with van der Waals surface area (Å²) in [4.78, 5) is 46.0. The summed E-state index contributed by atoms with van der Waals surface area (Å²) >= 11 is 6.93. The molecule has 12 nitrogen and oxygen atoms in total. The number of hydrogen-bond donors (Lipinski definition) is 2. The molecule has 1 fully saturated rings. The third kappa shape index (κ3) is 7.40. The number of nitrogens with zero attached hydrogens (tertiary/aromatic N) is 7. The van der Waals surface area contributed by atoms with E-state index in [9.17, 15) is 9.59 Å². The summed E-state index contributed by atoms with van der Waals surface area (Å²) in [5.74, 6) is 0.115. The molecule has 1 saturated carbocycles. The van der Waals surface area contributed by atoms with Gasteiger partial charge in [-0.25, -0.2) is 9.97 Å². The Labute approximate surface area is 324 Å². The molecule has 0 unspecified atom stereocenters. The Morgan fingerprint density at radius 3 is 2.15 bits per heavy atom. The van der Waals surface area contributed by atoms with Gasteiger partial charge in [0.2, 0.25) is 0 Å². The van der Waals surface area contributed by atoms with Crippen LogP contribution in [0.2, 0.25) is 23.2 Å². The molecule has 4 aromatic rings. The first-order valence-corrected chi connectivity index (χ1v) is 22.3. The lowest BCUT2D eigenvalue weighted by Gasteiger charge is -2.38. The number of nitrogens with one attached hydrogen (secondary N) is 2. The first kappa shape index (κ1) is 38.4. The highest BCUT2D eigenvalue weighted by atomic mass is 35.5. The number of likely N-dealkylation sites (N-methyl/N-ethyl adjacent to an activating group) is 1. The van der Waals surface area contributed by atoms with Crippen LogP contribution in [0.25, 0.3) is 11.3 Å². The SMILES string of the molecule is Cc1c(NC(=O)c2nc3c(n2C)CCN(CC2(CO[Si](C)(C)C(C)(C)C)CC2)C3)cccc1-c1nccc(NC(=O)c2nc3c(n2C)CCN(C)C3)c1Cl. The van der Waals surface area contributed by atoms with Gasteiger partial charge in [0.25, 0.3) is 11.8 Å². The van der Waals surface area contributed by atoms with Crippen LogP contribution in [0.5, 0.6) is 0 Å². The zero-order valence-electron chi connectivity index (χ0n) is 33.2. The van der Waals surface area contributed by atoms with Crippen LogP contribution in [-0.2, 0) is 44.5 Å². The standard InChI is InChI=1S/C40H54ClN9O3Si/c1-25-26(34-33(41)28(13-18-42-34)46-38(52)36-43-29-21-47(5)19-14-31(29)48(36)6)11-10-12-27(25)45-37(51)35-44-30-22-50(20-15-32(30)49(35)7)23-40(16-17-40)24-53-54(8,9)39(2,3)4/h10-13,18H,14-17,19-24H2,1-9H3,(H,45,51)(H,42,46,52). The van der Waals surface area contributed by atoms with Crippen LogP contribution < -0.4 is 10.6 Å². The van der Waals surface area contributed by atoms with Gasteiger partial charge >= 0.3 is 0 Å². The fourth-order valence-corrected chi connectivity index (χ4v) is 8.80. The fraction of sp³-hybridized carbons (Fsp3) is 0.525. The monoisotopic (exact) mass is 771 g/mol. The summed E-state index contributed by atoms with van der Waals surface area (Å²) in [6.07, 6.45) is 5.70. The van der Waals surface area contributed by atoms with Gasteiger partial charge in [-0.2, -0.15) is 0 Å². The Morgan fingerprint density at radius 1 is 0.907 bits per heavy atom. The predicted octanol–water partition coefficient (Wildman–Crippen LogP) is 6.83. The van der Waals surface area contributed by atoms with E-state index >= 15 is 0 Å². The van der Waals surface area contributed by atoms with E-state index in [1.165, 1.54) is 12.8 Å². The Balaban J connectivity index is 1.03. The van der Waals surface area contributed by atoms with Gasteiger partial charge in [0.15, 0.2) is 20.0 Å². The second-order valence-electron chi connectivity index (χ2n) is 17.2. The molecule has 3 aliphatic rings. The van der Waals surface area contributed by atoms with E-state index in [-0.39, 0.29) is 22.3 Å². The van der Waals surface area contributed by atoms with E-state index in [1.807, 2.05) is 55.4 Å². The highest BCUT2D eigenvalue weighted by molar-refractivity contribution is 6.74. The predicted molar refractivity (Wildman–Crippen MR) is 216 cm³/mol. The number of fused-ring (bicyclic) bond motifs is 2. The molecule has 1 aliphatic carbocycles. The average molecular weight is 772 g/mol. The van der Waals surface area contributed by atoms with Gasteiger partial charge in [-0.3, -0.25) is 19.5 Å². The van der Waals surface area contributed by atoms with Crippen molar-refractivity contribution in [3.05, 3.63) is 75.5 Å². The lowest BCUT2D eigenvalue weighted by molar-refractivity contribution is 0.100. The molecule has 0 saturated heterocycles. The largest absolute Gasteiger partial charge is 0.416 e. The second-order valence-corrected chi connectivity index (χ2v) is 22.4. The molecule has 0 atom stereocenters. The maximum atomic E-state index is 13.8. The molecule has 0 bridgehead atoms. The van der Waals surface area contributed by atoms with Crippen LogP contribution in [0.15, 0.2) is 30.5 Å². The van der Waals surface area contributed by atoms with Crippen molar-refractivity contribution in [1.82, 2.24) is 33.9 Å². The number of carbonyl (C=O) groups is 2. The highest BCUT2D eigenvalue weighted by Gasteiger charge is 2.47. The Hall–Kier alpha value is -3.88. The van der Waals surface area contributed by atoms with E-state index in [0.717, 1.165) is 79.5 Å². The third-order valence-electron chi connectivity index (χ3n) is 12.2. The summed E-state index contributed by atoms with van der Waals surface area (Å²) in [5, 5.41) is 6.56. The highest BCUT2D eigenvalue weighted by Crippen LogP contribution is 2.49. The van der Waals surface area contributed by atoms with Gasteiger partial charge in [0, 0.05) is 101 Å². The number of benzene rings is 1. The van der Waals surface area contributed by atoms with Gasteiger partial charge in [-0.1, -0.05) is 44.5 Å². The smallest absolute Gasteiger partial charge is 0.291 e. The van der Waals surface area contributed by atoms with E-state index in [4.69, 9.17) is 21.0 Å². The summed E-state index contributed by atoms with van der Waals surface area (Å²) < 4.78 is 10.5. The molecule has 0 spiro atoms. The molecule has 2 amide bonds. The lowest BCUT2D eigenvalue weighted by atomic mass is 10.0. The van der Waals surface area contributed by atoms with E-state index < -0.39 is 8.32 Å². The first-order valence-electron chi connectivity index (χ1n) is 19.0. The molecule has 3 aromatic heterocycles. The first-order chi connectivity index (χ1) is 25.5. The number of aromatic nitrogens is 5. The van der Waals surface area contributed by atoms with E-state index in [2.05, 4.69) is 64.3 Å². The van der Waals surface area contributed by atoms with Crippen LogP contribution in [0, 0.1) is 12.3 Å². The topological polar surface area (TPSA) is 122 Å². The average Bonchev–Trinajstić information content (AvgIpc) is 3.69. The van der Waals surface area contributed by atoms with Gasteiger partial charge in [-0.05, 0) is 62.6 Å². The van der Waals surface area contributed by atoms with Crippen molar-refractivity contribution in [1.29, 1.82) is 0 Å². The number of anilines is 2. The Bertz CT molecular complexity index is 2110. The molecule has 54 heavy (non-hydrogen) atoms. The maximum Gasteiger partial charge on any atom is 0.291 e. The van der Waals surface area contributed by atoms with Crippen LogP contribution in [0.1, 0.15) is 83.2 Å². The molecule has 1 aromatic carbocycles. The zero-order valence-corrected chi connectivity index (χ0v) is 34.9. The summed E-state index contributed by atoms with van der Waals surface area (Å²) in [6.45, 7) is 18.6. The van der Waals surface area contributed by atoms with Crippen LogP contribution in [0.3, 0.4) is 0 Å². The maximum absolute atomic E-state index is 13.8. The van der Waals surface area contributed by atoms with Crippen LogP contribution in [-0.4, -0.2) is 87.3 Å². The number of imidazole rings is 2. The molecule has 2 aliphatic heterocycles. The minimum atomic E-state index is -1.81. The normalized spacial score (nSPS) is 17.2. The summed E-state index contributed by atoms with van der Waals surface area (Å²) in [6, 6.07) is 7.31. The fourth-order valence-electron chi connectivity index (χ4n) is 7.44. The molecular formula is C40H54ClN9O3Si. The number of rotatable bonds is 10. The molecule has 7 rings (SSSR count). The summed E-state index contributed by atoms with van der Waals surface area (Å²) in [5.41, 5.74) is 7.40. The van der Waals surface area contributed by atoms with E-state index in [1.54, 1.807) is 12.3 Å². The number of amides is 2. The number of pyridine rings is 1. The summed E-state index contributed by atoms with van der Waals surface area (Å²) in [7, 11) is 4.04. The van der Waals surface area contributed by atoms with Crippen molar-refractivity contribution < 1.29 is 14.0 Å². The van der Waals surface area contributed by atoms with Crippen molar-refractivity contribution in [2.45, 2.75) is 84.6 Å². The van der Waals surface area contributed by atoms with Crippen LogP contribution in [0.4, 0.5) is 11.4 Å². The molecule has 288 valence electrons. The van der Waals surface area contributed by atoms with Crippen LogP contribution >= 0.6 is 11.6 Å². The van der Waals surface area contributed by atoms with E-state index in [0.29, 0.717) is 40.3 Å². The molecule has 5 heterocycles. The van der Waals surface area contributed by atoms with Crippen molar-refractivity contribution in [2.24, 2.45) is 19.5 Å². The van der Waals surface area contributed by atoms with Gasteiger partial charge in [0.1, 0.15) is 0 Å². The lowest BCUT2D eigenvalue weighted by Crippen LogP contribution is -2.44. The van der Waals surface area contributed by atoms with Crippen molar-refractivity contribution in [3.8, 4) is 11.3 Å². The number of hydrogen-bond acceptors (Lipinski definition) is 8. The number of carbonyl (C=O) groups excluding carboxylic acids is 2. The quantitative estimate of drug-likeness (QED) is 0.168. The molecule has 14 heteroatoms. The van der Waals surface area contributed by atoms with Crippen molar-refractivity contribution >= 4 is 43.1 Å². The number of halogens is 1. The van der Waals surface area contributed by atoms with Gasteiger partial charge in [0.05, 0.1) is 27.8 Å². The Kier molecular flexibility index (Phi) is 10.2. The zero-order chi connectivity index (χ0) is 38.7. The van der Waals surface area contributed by atoms with Crippen molar-refractivity contribution in [2.75, 3.05) is 43.9 Å². The molecular weight excluding hydrogens is 718 g/mol. The minimum Gasteiger partial charge on any atom is -0.416 e. The van der Waals surface area contributed by atoms with Gasteiger partial charge in [-0.15, -0.1) is 0 Å².